The highest BCUT2D eigenvalue weighted by Crippen LogP contribution is 2.21. The van der Waals surface area contributed by atoms with Crippen LogP contribution in [0.25, 0.3) is 0 Å². The number of hydrogen-bond acceptors (Lipinski definition) is 3. The summed E-state index contributed by atoms with van der Waals surface area (Å²) in [4.78, 5) is 24.4. The van der Waals surface area contributed by atoms with Crippen molar-refractivity contribution in [3.05, 3.63) is 30.1 Å². The second-order valence-corrected chi connectivity index (χ2v) is 5.50. The highest BCUT2D eigenvalue weighted by molar-refractivity contribution is 5.77. The van der Waals surface area contributed by atoms with E-state index in [1.54, 1.807) is 17.0 Å². The summed E-state index contributed by atoms with van der Waals surface area (Å²) < 4.78 is 18.6. The molecule has 0 bridgehead atoms. The van der Waals surface area contributed by atoms with Crippen LogP contribution < -0.4 is 4.74 Å². The third kappa shape index (κ3) is 4.72. The molecular weight excluding hydrogens is 289 g/mol. The van der Waals surface area contributed by atoms with Gasteiger partial charge in [0.25, 0.3) is 5.91 Å². The summed E-state index contributed by atoms with van der Waals surface area (Å²) in [6.45, 7) is 0.988. The van der Waals surface area contributed by atoms with Gasteiger partial charge in [-0.15, -0.1) is 0 Å². The number of aliphatic carboxylic acids is 1. The average molecular weight is 309 g/mol. The Bertz CT molecular complexity index is 535. The molecule has 6 heteroatoms. The van der Waals surface area contributed by atoms with Gasteiger partial charge in [0.1, 0.15) is 0 Å². The lowest BCUT2D eigenvalue weighted by molar-refractivity contribution is -0.137. The first-order valence-electron chi connectivity index (χ1n) is 7.43. The molecule has 1 fully saturated rings. The number of amides is 1. The molecule has 1 aromatic carbocycles. The third-order valence-corrected chi connectivity index (χ3v) is 3.83. The molecule has 1 N–H and O–H groups in total. The second-order valence-electron chi connectivity index (χ2n) is 5.50. The molecule has 0 aliphatic carbocycles. The minimum absolute atomic E-state index is 0.0651. The van der Waals surface area contributed by atoms with Crippen LogP contribution in [0, 0.1) is 11.7 Å². The number of rotatable bonds is 6. The van der Waals surface area contributed by atoms with Crippen LogP contribution in [0.15, 0.2) is 24.3 Å². The van der Waals surface area contributed by atoms with Crippen LogP contribution in [0.4, 0.5) is 4.39 Å². The number of carboxylic acid groups (broad SMARTS) is 1. The van der Waals surface area contributed by atoms with Gasteiger partial charge in [0, 0.05) is 19.5 Å². The monoisotopic (exact) mass is 309 g/mol. The van der Waals surface area contributed by atoms with Crippen LogP contribution in [0.3, 0.4) is 0 Å². The topological polar surface area (TPSA) is 66.8 Å². The summed E-state index contributed by atoms with van der Waals surface area (Å²) in [5, 5.41) is 8.72. The maximum atomic E-state index is 13.4. The molecule has 1 aromatic rings. The van der Waals surface area contributed by atoms with Gasteiger partial charge >= 0.3 is 5.97 Å². The Morgan fingerprint density at radius 3 is 2.86 bits per heavy atom. The Kier molecular flexibility index (Phi) is 5.75. The molecule has 0 spiro atoms. The minimum atomic E-state index is -0.814. The van der Waals surface area contributed by atoms with Crippen LogP contribution in [-0.2, 0) is 9.59 Å². The minimum Gasteiger partial charge on any atom is -0.481 e. The summed E-state index contributed by atoms with van der Waals surface area (Å²) in [6.07, 6.45) is 2.49. The fraction of sp³-hybridized carbons (Fsp3) is 0.500. The Morgan fingerprint density at radius 2 is 2.14 bits per heavy atom. The number of carbonyl (C=O) groups excluding carboxylic acids is 1. The number of benzene rings is 1. The molecule has 0 unspecified atom stereocenters. The predicted octanol–water partition coefficient (Wildman–Crippen LogP) is 2.31. The standard InChI is InChI=1S/C16H20FNO4/c17-13-5-1-2-6-14(13)22-11-15(19)18-9-3-4-12(10-18)7-8-16(20)21/h1-2,5-6,12H,3-4,7-11H2,(H,20,21)/t12-/m1/s1. The van der Waals surface area contributed by atoms with Gasteiger partial charge in [-0.3, -0.25) is 9.59 Å². The molecule has 120 valence electrons. The average Bonchev–Trinajstić information content (AvgIpc) is 2.52. The molecule has 1 aliphatic rings. The van der Waals surface area contributed by atoms with Crippen molar-refractivity contribution >= 4 is 11.9 Å². The molecule has 0 saturated carbocycles. The van der Waals surface area contributed by atoms with Crippen LogP contribution in [0.1, 0.15) is 25.7 Å². The normalized spacial score (nSPS) is 18.0. The van der Waals surface area contributed by atoms with Crippen molar-refractivity contribution in [3.8, 4) is 5.75 Å². The summed E-state index contributed by atoms with van der Waals surface area (Å²) in [5.41, 5.74) is 0. The summed E-state index contributed by atoms with van der Waals surface area (Å²) in [5.74, 6) is -1.22. The molecule has 2 rings (SSSR count). The SMILES string of the molecule is O=C(O)CC[C@H]1CCCN(C(=O)COc2ccccc2F)C1. The van der Waals surface area contributed by atoms with Gasteiger partial charge in [-0.1, -0.05) is 12.1 Å². The van der Waals surface area contributed by atoms with Crippen molar-refractivity contribution in [2.24, 2.45) is 5.92 Å². The molecular formula is C16H20FNO4. The van der Waals surface area contributed by atoms with Gasteiger partial charge in [0.15, 0.2) is 18.2 Å². The number of halogens is 1. The first-order chi connectivity index (χ1) is 10.6. The van der Waals surface area contributed by atoms with E-state index in [0.29, 0.717) is 19.5 Å². The lowest BCUT2D eigenvalue weighted by atomic mass is 9.93. The maximum Gasteiger partial charge on any atom is 0.303 e. The molecule has 1 amide bonds. The number of hydrogen-bond donors (Lipinski definition) is 1. The van der Waals surface area contributed by atoms with E-state index in [1.165, 1.54) is 12.1 Å². The second kappa shape index (κ2) is 7.77. The molecule has 1 aliphatic heterocycles. The zero-order valence-electron chi connectivity index (χ0n) is 12.3. The molecule has 1 heterocycles. The lowest BCUT2D eigenvalue weighted by Crippen LogP contribution is -2.42. The summed E-state index contributed by atoms with van der Waals surface area (Å²) in [7, 11) is 0. The van der Waals surface area contributed by atoms with E-state index in [0.717, 1.165) is 12.8 Å². The van der Waals surface area contributed by atoms with Crippen LogP contribution >= 0.6 is 0 Å². The Balaban J connectivity index is 1.81. The zero-order valence-corrected chi connectivity index (χ0v) is 12.3. The Morgan fingerprint density at radius 1 is 1.36 bits per heavy atom. The van der Waals surface area contributed by atoms with Crippen molar-refractivity contribution < 1.29 is 23.8 Å². The van der Waals surface area contributed by atoms with Gasteiger partial charge in [-0.2, -0.15) is 0 Å². The van der Waals surface area contributed by atoms with Crippen molar-refractivity contribution in [2.45, 2.75) is 25.7 Å². The van der Waals surface area contributed by atoms with Crippen molar-refractivity contribution in [1.82, 2.24) is 4.90 Å². The number of carbonyl (C=O) groups is 2. The fourth-order valence-corrected chi connectivity index (χ4v) is 2.65. The van der Waals surface area contributed by atoms with Gasteiger partial charge < -0.3 is 14.7 Å². The van der Waals surface area contributed by atoms with E-state index < -0.39 is 11.8 Å². The first-order valence-corrected chi connectivity index (χ1v) is 7.43. The number of carboxylic acids is 1. The van der Waals surface area contributed by atoms with Crippen molar-refractivity contribution in [2.75, 3.05) is 19.7 Å². The molecule has 1 saturated heterocycles. The van der Waals surface area contributed by atoms with E-state index >= 15 is 0 Å². The quantitative estimate of drug-likeness (QED) is 0.875. The van der Waals surface area contributed by atoms with Gasteiger partial charge in [-0.25, -0.2) is 4.39 Å². The van der Waals surface area contributed by atoms with Gasteiger partial charge in [0.2, 0.25) is 0 Å². The van der Waals surface area contributed by atoms with Crippen LogP contribution in [-0.4, -0.2) is 41.6 Å². The summed E-state index contributed by atoms with van der Waals surface area (Å²) in [6, 6.07) is 5.96. The highest BCUT2D eigenvalue weighted by Gasteiger charge is 2.24. The van der Waals surface area contributed by atoms with E-state index in [-0.39, 0.29) is 30.6 Å². The van der Waals surface area contributed by atoms with Crippen molar-refractivity contribution in [3.63, 3.8) is 0 Å². The van der Waals surface area contributed by atoms with E-state index in [1.807, 2.05) is 0 Å². The van der Waals surface area contributed by atoms with Gasteiger partial charge in [0.05, 0.1) is 0 Å². The number of ether oxygens (including phenoxy) is 1. The fourth-order valence-electron chi connectivity index (χ4n) is 2.65. The van der Waals surface area contributed by atoms with Crippen LogP contribution in [0.5, 0.6) is 5.75 Å². The maximum absolute atomic E-state index is 13.4. The number of piperidine rings is 1. The predicted molar refractivity (Wildman–Crippen MR) is 78.1 cm³/mol. The zero-order chi connectivity index (χ0) is 15.9. The Labute approximate surface area is 128 Å². The van der Waals surface area contributed by atoms with Crippen molar-refractivity contribution in [1.29, 1.82) is 0 Å². The van der Waals surface area contributed by atoms with E-state index in [4.69, 9.17) is 9.84 Å². The molecule has 22 heavy (non-hydrogen) atoms. The Hall–Kier alpha value is -2.11. The van der Waals surface area contributed by atoms with E-state index in [2.05, 4.69) is 0 Å². The number of para-hydroxylation sites is 1. The van der Waals surface area contributed by atoms with E-state index in [9.17, 15) is 14.0 Å². The summed E-state index contributed by atoms with van der Waals surface area (Å²) >= 11 is 0. The number of nitrogens with zero attached hydrogens (tertiary/aromatic N) is 1. The van der Waals surface area contributed by atoms with Crippen LogP contribution in [0.2, 0.25) is 0 Å². The largest absolute Gasteiger partial charge is 0.481 e. The smallest absolute Gasteiger partial charge is 0.303 e. The number of likely N-dealkylation sites (tertiary alicyclic amines) is 1. The molecule has 0 radical (unpaired) electrons. The molecule has 0 aromatic heterocycles. The molecule has 5 nitrogen and oxygen atoms in total. The third-order valence-electron chi connectivity index (χ3n) is 3.83. The molecule has 1 atom stereocenters. The highest BCUT2D eigenvalue weighted by atomic mass is 19.1. The van der Waals surface area contributed by atoms with Gasteiger partial charge in [-0.05, 0) is 37.3 Å². The first kappa shape index (κ1) is 16.3. The lowest BCUT2D eigenvalue weighted by Gasteiger charge is -2.32.